The van der Waals surface area contributed by atoms with E-state index in [1.54, 1.807) is 13.3 Å². The number of para-hydroxylation sites is 1. The van der Waals surface area contributed by atoms with Gasteiger partial charge in [0.15, 0.2) is 5.72 Å². The van der Waals surface area contributed by atoms with Gasteiger partial charge in [-0.2, -0.15) is 5.10 Å². The minimum atomic E-state index is -1.19. The number of methoxy groups -OCH3 is 1. The average molecular weight is 339 g/mol. The number of anilines is 1. The summed E-state index contributed by atoms with van der Waals surface area (Å²) in [6.07, 6.45) is 1.59. The van der Waals surface area contributed by atoms with Gasteiger partial charge in [0.05, 0.1) is 19.9 Å². The minimum Gasteiger partial charge on any atom is -0.497 e. The van der Waals surface area contributed by atoms with Crippen molar-refractivity contribution in [2.24, 2.45) is 5.10 Å². The van der Waals surface area contributed by atoms with Gasteiger partial charge in [-0.1, -0.05) is 44.2 Å². The monoisotopic (exact) mass is 339 g/mol. The van der Waals surface area contributed by atoms with Crippen LogP contribution in [-0.2, 0) is 12.0 Å². The smallest absolute Gasteiger partial charge is 0.185 e. The van der Waals surface area contributed by atoms with E-state index in [0.717, 1.165) is 22.6 Å². The Hall–Kier alpha value is -2.53. The molecule has 1 aliphatic heterocycles. The Morgan fingerprint density at radius 3 is 2.48 bits per heavy atom. The Labute approximate surface area is 148 Å². The second-order valence-electron chi connectivity index (χ2n) is 6.87. The zero-order valence-corrected chi connectivity index (χ0v) is 15.2. The maximum Gasteiger partial charge on any atom is 0.185 e. The lowest BCUT2D eigenvalue weighted by atomic mass is 9.78. The largest absolute Gasteiger partial charge is 0.497 e. The summed E-state index contributed by atoms with van der Waals surface area (Å²) in [6.45, 7) is 4.64. The lowest BCUT2D eigenvalue weighted by Crippen LogP contribution is -2.56. The third-order valence-electron chi connectivity index (χ3n) is 5.15. The first-order valence-corrected chi connectivity index (χ1v) is 8.36. The molecular formula is C20H25N3O2. The van der Waals surface area contributed by atoms with E-state index in [9.17, 15) is 5.11 Å². The number of nitrogens with one attached hydrogen (secondary N) is 1. The van der Waals surface area contributed by atoms with Crippen molar-refractivity contribution in [3.63, 3.8) is 0 Å². The fourth-order valence-corrected chi connectivity index (χ4v) is 3.36. The molecule has 0 amide bonds. The third kappa shape index (κ3) is 2.85. The molecule has 0 fully saturated rings. The maximum atomic E-state index is 11.3. The fourth-order valence-electron chi connectivity index (χ4n) is 3.36. The van der Waals surface area contributed by atoms with Crippen LogP contribution in [0, 0.1) is 0 Å². The van der Waals surface area contributed by atoms with Gasteiger partial charge in [0.1, 0.15) is 5.75 Å². The molecule has 0 aliphatic carbocycles. The minimum absolute atomic E-state index is 0.469. The van der Waals surface area contributed by atoms with Crippen LogP contribution in [0.5, 0.6) is 5.75 Å². The highest BCUT2D eigenvalue weighted by molar-refractivity contribution is 5.82. The summed E-state index contributed by atoms with van der Waals surface area (Å²) >= 11 is 0. The van der Waals surface area contributed by atoms with Gasteiger partial charge in [-0.25, -0.2) is 0 Å². The molecule has 1 heterocycles. The van der Waals surface area contributed by atoms with Crippen molar-refractivity contribution in [3.8, 4) is 5.75 Å². The van der Waals surface area contributed by atoms with Crippen molar-refractivity contribution in [1.82, 2.24) is 5.43 Å². The zero-order chi connectivity index (χ0) is 18.1. The Morgan fingerprint density at radius 2 is 1.84 bits per heavy atom. The molecule has 0 radical (unpaired) electrons. The number of rotatable bonds is 5. The van der Waals surface area contributed by atoms with Crippen LogP contribution in [-0.4, -0.2) is 31.2 Å². The van der Waals surface area contributed by atoms with Gasteiger partial charge in [-0.3, -0.25) is 0 Å². The summed E-state index contributed by atoms with van der Waals surface area (Å²) < 4.78 is 5.15. The molecule has 2 N–H and O–H groups in total. The van der Waals surface area contributed by atoms with Gasteiger partial charge in [-0.15, -0.1) is 0 Å². The highest BCUT2D eigenvalue weighted by atomic mass is 16.5. The summed E-state index contributed by atoms with van der Waals surface area (Å²) in [5.41, 5.74) is 4.59. The van der Waals surface area contributed by atoms with E-state index in [0.29, 0.717) is 6.54 Å². The van der Waals surface area contributed by atoms with Crippen LogP contribution in [0.3, 0.4) is 0 Å². The second-order valence-corrected chi connectivity index (χ2v) is 6.87. The highest BCUT2D eigenvalue weighted by Crippen LogP contribution is 2.48. The molecule has 0 aromatic heterocycles. The molecule has 0 saturated heterocycles. The van der Waals surface area contributed by atoms with E-state index in [2.05, 4.69) is 16.6 Å². The van der Waals surface area contributed by atoms with Crippen molar-refractivity contribution >= 4 is 11.9 Å². The number of hydrazone groups is 1. The molecule has 5 nitrogen and oxygen atoms in total. The number of hydrogen-bond acceptors (Lipinski definition) is 5. The van der Waals surface area contributed by atoms with E-state index in [1.165, 1.54) is 0 Å². The Balaban J connectivity index is 1.72. The normalized spacial score (nSPS) is 21.4. The van der Waals surface area contributed by atoms with Crippen LogP contribution in [0.2, 0.25) is 0 Å². The summed E-state index contributed by atoms with van der Waals surface area (Å²) in [7, 11) is 3.54. The second kappa shape index (κ2) is 6.41. The average Bonchev–Trinajstić information content (AvgIpc) is 2.78. The first-order valence-electron chi connectivity index (χ1n) is 8.36. The predicted molar refractivity (Wildman–Crippen MR) is 101 cm³/mol. The lowest BCUT2D eigenvalue weighted by Gasteiger charge is -2.38. The number of nitrogens with zero attached hydrogens (tertiary/aromatic N) is 2. The number of likely N-dealkylation sites (N-methyl/N-ethyl adjacent to an activating group) is 1. The molecule has 1 unspecified atom stereocenters. The standard InChI is InChI=1S/C20H25N3O2/c1-19(2)17-7-5-6-8-18(17)23(3)20(19,24)14-22-21-13-15-9-11-16(25-4)12-10-15/h5-12,14,21,24H,13H2,1-4H3/b22-14+. The summed E-state index contributed by atoms with van der Waals surface area (Å²) in [5, 5.41) is 15.6. The molecule has 0 bridgehead atoms. The Kier molecular flexibility index (Phi) is 4.43. The Bertz CT molecular complexity index is 771. The molecule has 2 aromatic carbocycles. The fraction of sp³-hybridized carbons (Fsp3) is 0.350. The van der Waals surface area contributed by atoms with Crippen molar-refractivity contribution in [3.05, 3.63) is 59.7 Å². The van der Waals surface area contributed by atoms with Crippen LogP contribution in [0.25, 0.3) is 0 Å². The molecule has 0 saturated carbocycles. The maximum absolute atomic E-state index is 11.3. The first-order chi connectivity index (χ1) is 11.9. The van der Waals surface area contributed by atoms with Crippen LogP contribution < -0.4 is 15.1 Å². The van der Waals surface area contributed by atoms with Crippen molar-refractivity contribution in [1.29, 1.82) is 0 Å². The molecule has 5 heteroatoms. The molecule has 1 aliphatic rings. The SMILES string of the molecule is COc1ccc(CN/N=C/C2(O)N(C)c3ccccc3C2(C)C)cc1. The summed E-state index contributed by atoms with van der Waals surface area (Å²) in [6, 6.07) is 15.9. The van der Waals surface area contributed by atoms with Gasteiger partial charge >= 0.3 is 0 Å². The van der Waals surface area contributed by atoms with E-state index in [1.807, 2.05) is 68.3 Å². The van der Waals surface area contributed by atoms with Gasteiger partial charge < -0.3 is 20.2 Å². The predicted octanol–water partition coefficient (Wildman–Crippen LogP) is 2.89. The highest BCUT2D eigenvalue weighted by Gasteiger charge is 2.54. The van der Waals surface area contributed by atoms with E-state index >= 15 is 0 Å². The van der Waals surface area contributed by atoms with Crippen LogP contribution >= 0.6 is 0 Å². The molecule has 25 heavy (non-hydrogen) atoms. The quantitative estimate of drug-likeness (QED) is 0.650. The third-order valence-corrected chi connectivity index (χ3v) is 5.15. The van der Waals surface area contributed by atoms with E-state index in [4.69, 9.17) is 4.74 Å². The summed E-state index contributed by atoms with van der Waals surface area (Å²) in [4.78, 5) is 1.88. The van der Waals surface area contributed by atoms with Crippen LogP contribution in [0.1, 0.15) is 25.0 Å². The molecule has 0 spiro atoms. The molecular weight excluding hydrogens is 314 g/mol. The van der Waals surface area contributed by atoms with Gasteiger partial charge in [0.2, 0.25) is 0 Å². The van der Waals surface area contributed by atoms with Gasteiger partial charge in [0, 0.05) is 18.2 Å². The first kappa shape index (κ1) is 17.3. The topological polar surface area (TPSA) is 57.1 Å². The molecule has 2 aromatic rings. The Morgan fingerprint density at radius 1 is 1.16 bits per heavy atom. The zero-order valence-electron chi connectivity index (χ0n) is 15.2. The number of aliphatic hydroxyl groups is 1. The van der Waals surface area contributed by atoms with E-state index in [-0.39, 0.29) is 0 Å². The molecule has 132 valence electrons. The number of hydrogen-bond donors (Lipinski definition) is 2. The lowest BCUT2D eigenvalue weighted by molar-refractivity contribution is 0.0583. The van der Waals surface area contributed by atoms with Crippen molar-refractivity contribution < 1.29 is 9.84 Å². The number of benzene rings is 2. The molecule has 3 rings (SSSR count). The van der Waals surface area contributed by atoms with Crippen LogP contribution in [0.4, 0.5) is 5.69 Å². The number of fused-ring (bicyclic) bond motifs is 1. The van der Waals surface area contributed by atoms with Crippen LogP contribution in [0.15, 0.2) is 53.6 Å². The number of ether oxygens (including phenoxy) is 1. The van der Waals surface area contributed by atoms with Crippen molar-refractivity contribution in [2.45, 2.75) is 31.5 Å². The molecule has 1 atom stereocenters. The van der Waals surface area contributed by atoms with Crippen molar-refractivity contribution in [2.75, 3.05) is 19.1 Å². The van der Waals surface area contributed by atoms with Gasteiger partial charge in [-0.05, 0) is 29.3 Å². The van der Waals surface area contributed by atoms with E-state index < -0.39 is 11.1 Å². The van der Waals surface area contributed by atoms with Gasteiger partial charge in [0.25, 0.3) is 0 Å². The summed E-state index contributed by atoms with van der Waals surface area (Å²) in [5.74, 6) is 0.827.